The molecule has 148 valence electrons. The number of hydrogen-bond acceptors (Lipinski definition) is 5. The van der Waals surface area contributed by atoms with Gasteiger partial charge in [-0.1, -0.05) is 20.8 Å². The molecule has 1 aromatic heterocycles. The molecule has 1 fully saturated rings. The van der Waals surface area contributed by atoms with Crippen molar-refractivity contribution in [2.24, 2.45) is 0 Å². The molecule has 1 aromatic rings. The number of nitrogens with one attached hydrogen (secondary N) is 1. The molecule has 3 atom stereocenters. The first-order valence-electron chi connectivity index (χ1n) is 9.01. The average molecular weight is 385 g/mol. The highest BCUT2D eigenvalue weighted by Crippen LogP contribution is 2.42. The first-order valence-corrected chi connectivity index (χ1v) is 11.9. The van der Waals surface area contributed by atoms with Crippen LogP contribution in [0.1, 0.15) is 52.8 Å². The Morgan fingerprint density at radius 2 is 1.85 bits per heavy atom. The Hall–Kier alpha value is -1.22. The van der Waals surface area contributed by atoms with Crippen molar-refractivity contribution in [3.8, 4) is 0 Å². The normalized spacial score (nSPS) is 24.9. The Kier molecular flexibility index (Phi) is 5.47. The van der Waals surface area contributed by atoms with E-state index in [1.807, 2.05) is 0 Å². The second kappa shape index (κ2) is 6.74. The summed E-state index contributed by atoms with van der Waals surface area (Å²) in [4.78, 5) is 26.1. The van der Waals surface area contributed by atoms with E-state index in [-0.39, 0.29) is 11.1 Å². The van der Waals surface area contributed by atoms with Crippen LogP contribution in [0.4, 0.5) is 0 Å². The molecule has 26 heavy (non-hydrogen) atoms. The summed E-state index contributed by atoms with van der Waals surface area (Å²) in [5, 5.41) is 10.6. The van der Waals surface area contributed by atoms with Gasteiger partial charge in [0.15, 0.2) is 8.32 Å². The van der Waals surface area contributed by atoms with Gasteiger partial charge in [-0.3, -0.25) is 14.3 Å². The summed E-state index contributed by atoms with van der Waals surface area (Å²) in [6.07, 6.45) is 0.444. The van der Waals surface area contributed by atoms with Crippen LogP contribution in [0.15, 0.2) is 15.8 Å². The summed E-state index contributed by atoms with van der Waals surface area (Å²) in [5.41, 5.74) is -1.62. The van der Waals surface area contributed by atoms with Crippen LogP contribution in [0.5, 0.6) is 0 Å². The highest BCUT2D eigenvalue weighted by atomic mass is 28.4. The standard InChI is InChI=1S/C18H32N2O5Si/c1-11-10-20(16(22)19-15(11)21)13-9-12(14(24-13)18(5,6)23)25-26(7,8)17(2,3)4/h10,12-14,23H,9H2,1-8H3,(H,19,21,22)/t12?,13-,14+/m1/s1. The topological polar surface area (TPSA) is 93.6 Å². The SMILES string of the molecule is Cc1cn([C@H]2CC(O[Si](C)(C)C(C)(C)C)[C@@H](C(C)(C)O)O2)c(=O)[nH]c1=O. The van der Waals surface area contributed by atoms with Crippen LogP contribution in [0.25, 0.3) is 0 Å². The monoisotopic (exact) mass is 384 g/mol. The molecule has 1 aliphatic heterocycles. The summed E-state index contributed by atoms with van der Waals surface area (Å²) >= 11 is 0. The van der Waals surface area contributed by atoms with E-state index < -0.39 is 37.5 Å². The van der Waals surface area contributed by atoms with Gasteiger partial charge >= 0.3 is 5.69 Å². The molecule has 0 amide bonds. The molecule has 8 heteroatoms. The van der Waals surface area contributed by atoms with Gasteiger partial charge in [-0.15, -0.1) is 0 Å². The van der Waals surface area contributed by atoms with E-state index in [0.29, 0.717) is 12.0 Å². The smallest absolute Gasteiger partial charge is 0.330 e. The van der Waals surface area contributed by atoms with Gasteiger partial charge in [-0.25, -0.2) is 4.79 Å². The lowest BCUT2D eigenvalue weighted by molar-refractivity contribution is -0.121. The molecule has 0 aliphatic carbocycles. The van der Waals surface area contributed by atoms with Crippen molar-refractivity contribution in [1.29, 1.82) is 0 Å². The van der Waals surface area contributed by atoms with Crippen LogP contribution in [-0.4, -0.2) is 40.8 Å². The van der Waals surface area contributed by atoms with E-state index in [9.17, 15) is 14.7 Å². The van der Waals surface area contributed by atoms with Crippen LogP contribution in [0.2, 0.25) is 18.1 Å². The number of aliphatic hydroxyl groups is 1. The third-order valence-electron chi connectivity index (χ3n) is 5.48. The quantitative estimate of drug-likeness (QED) is 0.777. The van der Waals surface area contributed by atoms with Gasteiger partial charge < -0.3 is 14.3 Å². The third kappa shape index (κ3) is 4.19. The summed E-state index contributed by atoms with van der Waals surface area (Å²) in [7, 11) is -2.09. The average Bonchev–Trinajstić information content (AvgIpc) is 2.84. The number of H-pyrrole nitrogens is 1. The van der Waals surface area contributed by atoms with Gasteiger partial charge in [0.2, 0.25) is 0 Å². The highest BCUT2D eigenvalue weighted by molar-refractivity contribution is 6.74. The first-order chi connectivity index (χ1) is 11.6. The Morgan fingerprint density at radius 1 is 1.27 bits per heavy atom. The molecule has 1 unspecified atom stereocenters. The van der Waals surface area contributed by atoms with Crippen LogP contribution in [0.3, 0.4) is 0 Å². The molecule has 0 saturated carbocycles. The van der Waals surface area contributed by atoms with Gasteiger partial charge in [0, 0.05) is 18.2 Å². The number of aryl methyl sites for hydroxylation is 1. The number of aromatic amines is 1. The summed E-state index contributed by atoms with van der Waals surface area (Å²) in [6.45, 7) is 15.8. The Labute approximate surface area is 155 Å². The van der Waals surface area contributed by atoms with E-state index in [1.165, 1.54) is 10.8 Å². The number of rotatable bonds is 4. The third-order valence-corrected chi connectivity index (χ3v) is 9.98. The van der Waals surface area contributed by atoms with E-state index in [4.69, 9.17) is 9.16 Å². The fourth-order valence-electron chi connectivity index (χ4n) is 2.90. The van der Waals surface area contributed by atoms with Crippen molar-refractivity contribution in [2.75, 3.05) is 0 Å². The van der Waals surface area contributed by atoms with Crippen molar-refractivity contribution in [1.82, 2.24) is 9.55 Å². The van der Waals surface area contributed by atoms with Crippen molar-refractivity contribution in [3.63, 3.8) is 0 Å². The van der Waals surface area contributed by atoms with E-state index >= 15 is 0 Å². The molecular formula is C18H32N2O5Si. The summed E-state index contributed by atoms with van der Waals surface area (Å²) < 4.78 is 13.9. The maximum atomic E-state index is 12.2. The maximum absolute atomic E-state index is 12.2. The molecule has 7 nitrogen and oxygen atoms in total. The minimum absolute atomic E-state index is 0.0145. The molecule has 0 aromatic carbocycles. The molecule has 0 bridgehead atoms. The van der Waals surface area contributed by atoms with Crippen molar-refractivity contribution >= 4 is 8.32 Å². The molecule has 1 saturated heterocycles. The van der Waals surface area contributed by atoms with E-state index in [0.717, 1.165) is 0 Å². The van der Waals surface area contributed by atoms with Crippen LogP contribution >= 0.6 is 0 Å². The van der Waals surface area contributed by atoms with Crippen molar-refractivity contribution < 1.29 is 14.3 Å². The summed E-state index contributed by atoms with van der Waals surface area (Å²) in [6, 6.07) is 0. The van der Waals surface area contributed by atoms with Gasteiger partial charge in [-0.2, -0.15) is 0 Å². The molecule has 2 heterocycles. The highest BCUT2D eigenvalue weighted by Gasteiger charge is 2.49. The molecule has 0 spiro atoms. The maximum Gasteiger partial charge on any atom is 0.330 e. The van der Waals surface area contributed by atoms with Crippen molar-refractivity contribution in [2.45, 2.75) is 90.1 Å². The number of aromatic nitrogens is 2. The van der Waals surface area contributed by atoms with Crippen LogP contribution < -0.4 is 11.2 Å². The molecule has 1 aliphatic rings. The predicted octanol–water partition coefficient (Wildman–Crippen LogP) is 2.29. The fraction of sp³-hybridized carbons (Fsp3) is 0.778. The van der Waals surface area contributed by atoms with E-state index in [1.54, 1.807) is 20.8 Å². The lowest BCUT2D eigenvalue weighted by Gasteiger charge is -2.41. The largest absolute Gasteiger partial charge is 0.411 e. The predicted molar refractivity (Wildman–Crippen MR) is 103 cm³/mol. The first kappa shape index (κ1) is 21.1. The molecular weight excluding hydrogens is 352 g/mol. The van der Waals surface area contributed by atoms with Crippen molar-refractivity contribution in [3.05, 3.63) is 32.6 Å². The molecule has 2 rings (SSSR count). The Bertz CT molecular complexity index is 770. The Morgan fingerprint density at radius 3 is 2.35 bits per heavy atom. The lowest BCUT2D eigenvalue weighted by Crippen LogP contribution is -2.50. The molecule has 2 N–H and O–H groups in total. The number of nitrogens with zero attached hydrogens (tertiary/aromatic N) is 1. The summed E-state index contributed by atoms with van der Waals surface area (Å²) in [5.74, 6) is 0. The molecule has 0 radical (unpaired) electrons. The zero-order chi connectivity index (χ0) is 20.1. The second-order valence-electron chi connectivity index (χ2n) is 9.30. The van der Waals surface area contributed by atoms with Crippen LogP contribution in [0, 0.1) is 6.92 Å². The number of hydrogen-bond donors (Lipinski definition) is 2. The zero-order valence-corrected chi connectivity index (χ0v) is 18.0. The van der Waals surface area contributed by atoms with Crippen LogP contribution in [-0.2, 0) is 9.16 Å². The van der Waals surface area contributed by atoms with Gasteiger partial charge in [0.25, 0.3) is 5.56 Å². The van der Waals surface area contributed by atoms with Gasteiger partial charge in [-0.05, 0) is 38.9 Å². The minimum atomic E-state index is -2.09. The minimum Gasteiger partial charge on any atom is -0.411 e. The Balaban J connectivity index is 2.37. The van der Waals surface area contributed by atoms with Gasteiger partial charge in [0.1, 0.15) is 12.3 Å². The van der Waals surface area contributed by atoms with E-state index in [2.05, 4.69) is 38.8 Å². The fourth-order valence-corrected chi connectivity index (χ4v) is 4.23. The second-order valence-corrected chi connectivity index (χ2v) is 14.1. The number of ether oxygens (including phenoxy) is 1. The van der Waals surface area contributed by atoms with Gasteiger partial charge in [0.05, 0.1) is 11.7 Å². The zero-order valence-electron chi connectivity index (χ0n) is 17.0. The lowest BCUT2D eigenvalue weighted by atomic mass is 9.97.